The molecule has 0 saturated heterocycles. The first-order valence-corrected chi connectivity index (χ1v) is 5.55. The van der Waals surface area contributed by atoms with E-state index in [2.05, 4.69) is 18.1 Å². The molecule has 1 aromatic rings. The van der Waals surface area contributed by atoms with Crippen LogP contribution < -0.4 is 0 Å². The molecule has 0 bridgehead atoms. The Bertz CT molecular complexity index is 269. The highest BCUT2D eigenvalue weighted by Crippen LogP contribution is 1.99. The van der Waals surface area contributed by atoms with Gasteiger partial charge >= 0.3 is 0 Å². The number of unbranched alkanes of at least 4 members (excludes halogenated alkanes) is 3. The molecule has 2 nitrogen and oxygen atoms in total. The topological polar surface area (TPSA) is 21.6 Å². The fraction of sp³-hybridized carbons (Fsp3) is 0.462. The molecule has 0 spiro atoms. The molecule has 0 aliphatic heterocycles. The van der Waals surface area contributed by atoms with Gasteiger partial charge in [-0.1, -0.05) is 49.2 Å². The average Bonchev–Trinajstić information content (AvgIpc) is 2.29. The van der Waals surface area contributed by atoms with E-state index in [0.29, 0.717) is 0 Å². The van der Waals surface area contributed by atoms with Crippen molar-refractivity contribution in [2.24, 2.45) is 5.16 Å². The fourth-order valence-electron chi connectivity index (χ4n) is 1.23. The van der Waals surface area contributed by atoms with Gasteiger partial charge in [0.15, 0.2) is 0 Å². The van der Waals surface area contributed by atoms with Crippen LogP contribution in [0, 0.1) is 6.07 Å². The number of nitrogens with zero attached hydrogens (tertiary/aromatic N) is 1. The third-order valence-electron chi connectivity index (χ3n) is 2.11. The Morgan fingerprint density at radius 3 is 2.80 bits per heavy atom. The van der Waals surface area contributed by atoms with Crippen molar-refractivity contribution in [3.8, 4) is 0 Å². The van der Waals surface area contributed by atoms with Crippen molar-refractivity contribution in [1.29, 1.82) is 0 Å². The van der Waals surface area contributed by atoms with Crippen LogP contribution >= 0.6 is 0 Å². The Morgan fingerprint density at radius 1 is 1.27 bits per heavy atom. The molecule has 0 aromatic heterocycles. The highest BCUT2D eigenvalue weighted by atomic mass is 16.6. The molecule has 0 fully saturated rings. The average molecular weight is 204 g/mol. The summed E-state index contributed by atoms with van der Waals surface area (Å²) in [4.78, 5) is 5.14. The van der Waals surface area contributed by atoms with Crippen LogP contribution in [0.15, 0.2) is 29.4 Å². The second-order valence-electron chi connectivity index (χ2n) is 3.46. The smallest absolute Gasteiger partial charge is 0.117 e. The van der Waals surface area contributed by atoms with Crippen LogP contribution in [-0.4, -0.2) is 12.8 Å². The van der Waals surface area contributed by atoms with Crippen molar-refractivity contribution in [3.63, 3.8) is 0 Å². The van der Waals surface area contributed by atoms with Crippen LogP contribution in [0.2, 0.25) is 0 Å². The van der Waals surface area contributed by atoms with Crippen molar-refractivity contribution in [3.05, 3.63) is 35.9 Å². The largest absolute Gasteiger partial charge is 0.396 e. The molecule has 0 atom stereocenters. The van der Waals surface area contributed by atoms with E-state index in [1.165, 1.54) is 19.3 Å². The Hall–Kier alpha value is -1.31. The second kappa shape index (κ2) is 8.04. The monoisotopic (exact) mass is 204 g/mol. The summed E-state index contributed by atoms with van der Waals surface area (Å²) in [5, 5.41) is 3.90. The van der Waals surface area contributed by atoms with Crippen LogP contribution in [0.4, 0.5) is 0 Å². The number of oxime groups is 1. The van der Waals surface area contributed by atoms with Crippen molar-refractivity contribution < 1.29 is 4.84 Å². The van der Waals surface area contributed by atoms with Gasteiger partial charge in [0.2, 0.25) is 0 Å². The summed E-state index contributed by atoms with van der Waals surface area (Å²) >= 11 is 0. The lowest BCUT2D eigenvalue weighted by Gasteiger charge is -1.98. The Labute approximate surface area is 91.9 Å². The molecule has 2 heteroatoms. The molecule has 0 unspecified atom stereocenters. The van der Waals surface area contributed by atoms with Gasteiger partial charge in [0.05, 0.1) is 6.21 Å². The van der Waals surface area contributed by atoms with E-state index in [0.717, 1.165) is 18.6 Å². The van der Waals surface area contributed by atoms with Gasteiger partial charge in [-0.25, -0.2) is 0 Å². The first-order chi connectivity index (χ1) is 7.43. The minimum atomic E-state index is 0.718. The summed E-state index contributed by atoms with van der Waals surface area (Å²) in [6.07, 6.45) is 6.58. The minimum absolute atomic E-state index is 0.718. The summed E-state index contributed by atoms with van der Waals surface area (Å²) in [7, 11) is 0. The van der Waals surface area contributed by atoms with Gasteiger partial charge in [0.1, 0.15) is 6.61 Å². The van der Waals surface area contributed by atoms with Gasteiger partial charge in [-0.3, -0.25) is 0 Å². The zero-order chi connectivity index (χ0) is 10.8. The summed E-state index contributed by atoms with van der Waals surface area (Å²) in [6.45, 7) is 2.92. The minimum Gasteiger partial charge on any atom is -0.396 e. The van der Waals surface area contributed by atoms with Crippen molar-refractivity contribution in [2.75, 3.05) is 6.61 Å². The lowest BCUT2D eigenvalue weighted by atomic mass is 10.2. The molecule has 0 heterocycles. The SMILES string of the molecule is CCCCCCON=Cc1cc[c]cc1. The number of benzene rings is 1. The van der Waals surface area contributed by atoms with Gasteiger partial charge in [-0.2, -0.15) is 0 Å². The summed E-state index contributed by atoms with van der Waals surface area (Å²) in [6, 6.07) is 10.6. The van der Waals surface area contributed by atoms with E-state index >= 15 is 0 Å². The predicted molar refractivity (Wildman–Crippen MR) is 63.0 cm³/mol. The zero-order valence-electron chi connectivity index (χ0n) is 9.28. The van der Waals surface area contributed by atoms with Gasteiger partial charge in [0, 0.05) is 0 Å². The predicted octanol–water partition coefficient (Wildman–Crippen LogP) is 3.42. The van der Waals surface area contributed by atoms with Crippen molar-refractivity contribution in [2.45, 2.75) is 32.6 Å². The first-order valence-electron chi connectivity index (χ1n) is 5.55. The molecular weight excluding hydrogens is 186 g/mol. The molecule has 15 heavy (non-hydrogen) atoms. The third kappa shape index (κ3) is 5.89. The molecule has 1 radical (unpaired) electrons. The third-order valence-corrected chi connectivity index (χ3v) is 2.11. The molecule has 0 aliphatic rings. The van der Waals surface area contributed by atoms with Gasteiger partial charge in [-0.05, 0) is 24.5 Å². The van der Waals surface area contributed by atoms with E-state index in [4.69, 9.17) is 4.84 Å². The van der Waals surface area contributed by atoms with E-state index in [1.807, 2.05) is 24.3 Å². The van der Waals surface area contributed by atoms with Crippen LogP contribution in [-0.2, 0) is 4.84 Å². The normalized spacial score (nSPS) is 10.7. The maximum Gasteiger partial charge on any atom is 0.117 e. The molecule has 0 amide bonds. The molecule has 0 N–H and O–H groups in total. The Morgan fingerprint density at radius 2 is 2.07 bits per heavy atom. The molecule has 81 valence electrons. The lowest BCUT2D eigenvalue weighted by molar-refractivity contribution is 0.141. The summed E-state index contributed by atoms with van der Waals surface area (Å²) in [5.41, 5.74) is 1.04. The van der Waals surface area contributed by atoms with Crippen LogP contribution in [0.1, 0.15) is 38.2 Å². The highest BCUT2D eigenvalue weighted by Gasteiger charge is 1.87. The van der Waals surface area contributed by atoms with E-state index in [-0.39, 0.29) is 0 Å². The molecule has 0 aliphatic carbocycles. The van der Waals surface area contributed by atoms with Crippen molar-refractivity contribution in [1.82, 2.24) is 0 Å². The lowest BCUT2D eigenvalue weighted by Crippen LogP contribution is -1.89. The molecular formula is C13H18NO. The Balaban J connectivity index is 2.07. The zero-order valence-corrected chi connectivity index (χ0v) is 9.28. The first kappa shape index (κ1) is 11.8. The van der Waals surface area contributed by atoms with Crippen LogP contribution in [0.5, 0.6) is 0 Å². The number of rotatable bonds is 7. The summed E-state index contributed by atoms with van der Waals surface area (Å²) < 4.78 is 0. The van der Waals surface area contributed by atoms with Crippen molar-refractivity contribution >= 4 is 6.21 Å². The summed E-state index contributed by atoms with van der Waals surface area (Å²) in [5.74, 6) is 0. The number of hydrogen-bond donors (Lipinski definition) is 0. The molecule has 1 aromatic carbocycles. The molecule has 0 saturated carbocycles. The standard InChI is InChI=1S/C13H18NO/c1-2-3-4-8-11-15-14-12-13-9-6-5-7-10-13/h6-7,9-10,12H,2-4,8,11H2,1H3. The van der Waals surface area contributed by atoms with Gasteiger partial charge in [-0.15, -0.1) is 0 Å². The van der Waals surface area contributed by atoms with Crippen LogP contribution in [0.3, 0.4) is 0 Å². The van der Waals surface area contributed by atoms with Gasteiger partial charge in [0.25, 0.3) is 0 Å². The van der Waals surface area contributed by atoms with E-state index < -0.39 is 0 Å². The quantitative estimate of drug-likeness (QED) is 0.379. The van der Waals surface area contributed by atoms with E-state index in [1.54, 1.807) is 6.21 Å². The maximum absolute atomic E-state index is 5.14. The molecule has 1 rings (SSSR count). The van der Waals surface area contributed by atoms with Gasteiger partial charge < -0.3 is 4.84 Å². The second-order valence-corrected chi connectivity index (χ2v) is 3.46. The van der Waals surface area contributed by atoms with Crippen LogP contribution in [0.25, 0.3) is 0 Å². The maximum atomic E-state index is 5.14. The number of hydrogen-bond acceptors (Lipinski definition) is 2. The van der Waals surface area contributed by atoms with E-state index in [9.17, 15) is 0 Å². The highest BCUT2D eigenvalue weighted by molar-refractivity contribution is 5.78. The fourth-order valence-corrected chi connectivity index (χ4v) is 1.23. The Kier molecular flexibility index (Phi) is 6.30.